The highest BCUT2D eigenvalue weighted by atomic mass is 16.3. The molecule has 114 valence electrons. The summed E-state index contributed by atoms with van der Waals surface area (Å²) in [6.45, 7) is 8.44. The zero-order valence-corrected chi connectivity index (χ0v) is 13.3. The van der Waals surface area contributed by atoms with Gasteiger partial charge in [-0.2, -0.15) is 0 Å². The highest BCUT2D eigenvalue weighted by molar-refractivity contribution is 5.09. The lowest BCUT2D eigenvalue weighted by Gasteiger charge is -2.35. The van der Waals surface area contributed by atoms with Gasteiger partial charge >= 0.3 is 0 Å². The number of nitrogens with zero attached hydrogens (tertiary/aromatic N) is 2. The van der Waals surface area contributed by atoms with E-state index in [1.54, 1.807) is 0 Å². The standard InChI is InChI=1S/C16H29N3O/c1-5-18-16(3,13-20)12-14(2)19(4)11-8-15-6-9-17-10-7-15/h6-7,9-10,14,18,20H,5,8,11-13H2,1-4H3. The van der Waals surface area contributed by atoms with Crippen LogP contribution in [0.5, 0.6) is 0 Å². The second kappa shape index (κ2) is 8.35. The normalized spacial score (nSPS) is 16.1. The Bertz CT molecular complexity index is 371. The Morgan fingerprint density at radius 3 is 2.60 bits per heavy atom. The first-order valence-corrected chi connectivity index (χ1v) is 7.46. The molecule has 0 aliphatic rings. The molecule has 0 aliphatic carbocycles. The number of rotatable bonds is 9. The smallest absolute Gasteiger partial charge is 0.0611 e. The lowest BCUT2D eigenvalue weighted by molar-refractivity contribution is 0.128. The van der Waals surface area contributed by atoms with Gasteiger partial charge in [0.1, 0.15) is 0 Å². The van der Waals surface area contributed by atoms with Crippen LogP contribution in [0.15, 0.2) is 24.5 Å². The van der Waals surface area contributed by atoms with Crippen LogP contribution in [0.1, 0.15) is 32.8 Å². The van der Waals surface area contributed by atoms with Crippen LogP contribution in [0.3, 0.4) is 0 Å². The maximum absolute atomic E-state index is 9.57. The van der Waals surface area contributed by atoms with Crippen LogP contribution in [0.2, 0.25) is 0 Å². The zero-order chi connectivity index (χ0) is 15.0. The molecule has 1 aromatic heterocycles. The molecule has 0 bridgehead atoms. The molecule has 0 aliphatic heterocycles. The van der Waals surface area contributed by atoms with Crippen LogP contribution < -0.4 is 5.32 Å². The van der Waals surface area contributed by atoms with E-state index in [2.05, 4.69) is 55.2 Å². The van der Waals surface area contributed by atoms with E-state index in [1.807, 2.05) is 12.4 Å². The first kappa shape index (κ1) is 17.1. The fourth-order valence-corrected chi connectivity index (χ4v) is 2.50. The van der Waals surface area contributed by atoms with Gasteiger partial charge in [0.2, 0.25) is 0 Å². The van der Waals surface area contributed by atoms with Gasteiger partial charge in [-0.25, -0.2) is 0 Å². The third kappa shape index (κ3) is 5.57. The predicted molar refractivity (Wildman–Crippen MR) is 83.8 cm³/mol. The Hall–Kier alpha value is -0.970. The molecule has 4 heteroatoms. The van der Waals surface area contributed by atoms with Crippen LogP contribution in [0.4, 0.5) is 0 Å². The van der Waals surface area contributed by atoms with E-state index in [0.29, 0.717) is 6.04 Å². The Kier molecular flexibility index (Phi) is 7.13. The van der Waals surface area contributed by atoms with Crippen LogP contribution in [0, 0.1) is 0 Å². The van der Waals surface area contributed by atoms with Crippen molar-refractivity contribution in [2.24, 2.45) is 0 Å². The van der Waals surface area contributed by atoms with Crippen molar-refractivity contribution in [1.82, 2.24) is 15.2 Å². The lowest BCUT2D eigenvalue weighted by atomic mass is 9.93. The molecule has 2 atom stereocenters. The van der Waals surface area contributed by atoms with Gasteiger partial charge in [0.25, 0.3) is 0 Å². The second-order valence-corrected chi connectivity index (χ2v) is 5.89. The third-order valence-corrected chi connectivity index (χ3v) is 3.95. The number of nitrogens with one attached hydrogen (secondary N) is 1. The van der Waals surface area contributed by atoms with E-state index in [1.165, 1.54) is 5.56 Å². The molecule has 2 unspecified atom stereocenters. The highest BCUT2D eigenvalue weighted by Gasteiger charge is 2.26. The molecule has 0 fully saturated rings. The summed E-state index contributed by atoms with van der Waals surface area (Å²) in [4.78, 5) is 6.39. The van der Waals surface area contributed by atoms with Gasteiger partial charge in [-0.1, -0.05) is 6.92 Å². The highest BCUT2D eigenvalue weighted by Crippen LogP contribution is 2.15. The minimum atomic E-state index is -0.195. The summed E-state index contributed by atoms with van der Waals surface area (Å²) in [5, 5.41) is 13.0. The maximum Gasteiger partial charge on any atom is 0.0611 e. The van der Waals surface area contributed by atoms with E-state index in [-0.39, 0.29) is 12.1 Å². The summed E-state index contributed by atoms with van der Waals surface area (Å²) in [5.41, 5.74) is 1.12. The molecule has 0 saturated heterocycles. The fourth-order valence-electron chi connectivity index (χ4n) is 2.50. The molecule has 2 N–H and O–H groups in total. The van der Waals surface area contributed by atoms with Crippen molar-refractivity contribution in [2.75, 3.05) is 26.7 Å². The summed E-state index contributed by atoms with van der Waals surface area (Å²) >= 11 is 0. The Balaban J connectivity index is 2.44. The molecule has 4 nitrogen and oxygen atoms in total. The Labute approximate surface area is 123 Å². The molecule has 0 saturated carbocycles. The molecule has 0 amide bonds. The number of aliphatic hydroxyl groups excluding tert-OH is 1. The van der Waals surface area contributed by atoms with Crippen LogP contribution in [0.25, 0.3) is 0 Å². The average Bonchev–Trinajstić information content (AvgIpc) is 2.46. The predicted octanol–water partition coefficient (Wildman–Crippen LogP) is 1.69. The monoisotopic (exact) mass is 279 g/mol. The van der Waals surface area contributed by atoms with Gasteiger partial charge in [-0.05, 0) is 58.0 Å². The maximum atomic E-state index is 9.57. The number of aromatic nitrogens is 1. The largest absolute Gasteiger partial charge is 0.394 e. The van der Waals surface area contributed by atoms with Gasteiger partial charge in [-0.15, -0.1) is 0 Å². The molecular formula is C16H29N3O. The van der Waals surface area contributed by atoms with Gasteiger partial charge in [0.15, 0.2) is 0 Å². The molecule has 1 rings (SSSR count). The first-order valence-electron chi connectivity index (χ1n) is 7.46. The molecule has 1 aromatic rings. The quantitative estimate of drug-likeness (QED) is 0.722. The number of hydrogen-bond donors (Lipinski definition) is 2. The first-order chi connectivity index (χ1) is 9.50. The van der Waals surface area contributed by atoms with Gasteiger partial charge in [0, 0.05) is 30.5 Å². The van der Waals surface area contributed by atoms with Crippen molar-refractivity contribution < 1.29 is 5.11 Å². The van der Waals surface area contributed by atoms with Crippen molar-refractivity contribution >= 4 is 0 Å². The number of hydrogen-bond acceptors (Lipinski definition) is 4. The van der Waals surface area contributed by atoms with E-state index in [0.717, 1.165) is 25.9 Å². The second-order valence-electron chi connectivity index (χ2n) is 5.89. The molecule has 1 heterocycles. The van der Waals surface area contributed by atoms with Crippen LogP contribution >= 0.6 is 0 Å². The molecule has 0 aromatic carbocycles. The Morgan fingerprint density at radius 1 is 1.40 bits per heavy atom. The SMILES string of the molecule is CCNC(C)(CO)CC(C)N(C)CCc1ccncc1. The molecule has 0 spiro atoms. The summed E-state index contributed by atoms with van der Waals surface area (Å²) in [7, 11) is 2.15. The fraction of sp³-hybridized carbons (Fsp3) is 0.688. The Morgan fingerprint density at radius 2 is 2.05 bits per heavy atom. The minimum absolute atomic E-state index is 0.170. The summed E-state index contributed by atoms with van der Waals surface area (Å²) in [6, 6.07) is 4.55. The third-order valence-electron chi connectivity index (χ3n) is 3.95. The topological polar surface area (TPSA) is 48.4 Å². The lowest BCUT2D eigenvalue weighted by Crippen LogP contribution is -2.50. The molecular weight excluding hydrogens is 250 g/mol. The van der Waals surface area contributed by atoms with Crippen molar-refractivity contribution in [3.05, 3.63) is 30.1 Å². The number of likely N-dealkylation sites (N-methyl/N-ethyl adjacent to an activating group) is 2. The van der Waals surface area contributed by atoms with Crippen molar-refractivity contribution in [1.29, 1.82) is 0 Å². The van der Waals surface area contributed by atoms with E-state index in [9.17, 15) is 5.11 Å². The summed E-state index contributed by atoms with van der Waals surface area (Å²) < 4.78 is 0. The van der Waals surface area contributed by atoms with E-state index < -0.39 is 0 Å². The van der Waals surface area contributed by atoms with Crippen molar-refractivity contribution in [3.63, 3.8) is 0 Å². The summed E-state index contributed by atoms with van der Waals surface area (Å²) in [5.74, 6) is 0. The van der Waals surface area contributed by atoms with Gasteiger partial charge in [-0.3, -0.25) is 4.98 Å². The zero-order valence-electron chi connectivity index (χ0n) is 13.3. The van der Waals surface area contributed by atoms with Crippen LogP contribution in [-0.2, 0) is 6.42 Å². The summed E-state index contributed by atoms with van der Waals surface area (Å²) in [6.07, 6.45) is 5.64. The van der Waals surface area contributed by atoms with Crippen LogP contribution in [-0.4, -0.2) is 53.3 Å². The minimum Gasteiger partial charge on any atom is -0.394 e. The average molecular weight is 279 g/mol. The van der Waals surface area contributed by atoms with E-state index in [4.69, 9.17) is 0 Å². The van der Waals surface area contributed by atoms with Gasteiger partial charge < -0.3 is 15.3 Å². The molecule has 0 radical (unpaired) electrons. The van der Waals surface area contributed by atoms with Gasteiger partial charge in [0.05, 0.1) is 6.61 Å². The van der Waals surface area contributed by atoms with Crippen molar-refractivity contribution in [2.45, 2.75) is 45.2 Å². The van der Waals surface area contributed by atoms with Crippen molar-refractivity contribution in [3.8, 4) is 0 Å². The van der Waals surface area contributed by atoms with E-state index >= 15 is 0 Å². The number of pyridine rings is 1. The molecule has 20 heavy (non-hydrogen) atoms. The number of aliphatic hydroxyl groups is 1.